The van der Waals surface area contributed by atoms with Crippen molar-refractivity contribution in [3.05, 3.63) is 65.2 Å². The van der Waals surface area contributed by atoms with Crippen molar-refractivity contribution in [1.82, 2.24) is 10.3 Å². The highest BCUT2D eigenvalue weighted by atomic mass is 32.1. The molecule has 1 aromatic heterocycles. The SMILES string of the molecule is C=CC(=O)NCc1cccc(NCC#Cc2cc(O)c3nc(C)sc3c2)c1. The van der Waals surface area contributed by atoms with Gasteiger partial charge in [0.15, 0.2) is 0 Å². The van der Waals surface area contributed by atoms with Gasteiger partial charge in [-0.2, -0.15) is 0 Å². The molecule has 0 aliphatic rings. The lowest BCUT2D eigenvalue weighted by atomic mass is 10.2. The van der Waals surface area contributed by atoms with E-state index in [2.05, 4.69) is 34.0 Å². The third-order valence-electron chi connectivity index (χ3n) is 3.77. The molecule has 0 fully saturated rings. The average molecular weight is 377 g/mol. The molecule has 0 bridgehead atoms. The number of phenols is 1. The van der Waals surface area contributed by atoms with Gasteiger partial charge in [0.05, 0.1) is 16.3 Å². The zero-order chi connectivity index (χ0) is 19.2. The van der Waals surface area contributed by atoms with E-state index in [9.17, 15) is 9.90 Å². The zero-order valence-electron chi connectivity index (χ0n) is 14.9. The number of phenolic OH excluding ortho intramolecular Hbond substituents is 1. The van der Waals surface area contributed by atoms with Crippen molar-refractivity contribution in [2.24, 2.45) is 0 Å². The maximum atomic E-state index is 11.2. The number of thiazole rings is 1. The smallest absolute Gasteiger partial charge is 0.243 e. The van der Waals surface area contributed by atoms with Crippen molar-refractivity contribution in [3.63, 3.8) is 0 Å². The predicted molar refractivity (Wildman–Crippen MR) is 110 cm³/mol. The van der Waals surface area contributed by atoms with Crippen molar-refractivity contribution >= 4 is 33.1 Å². The molecule has 0 aliphatic carbocycles. The number of aryl methyl sites for hydroxylation is 1. The van der Waals surface area contributed by atoms with Gasteiger partial charge in [0.25, 0.3) is 0 Å². The average Bonchev–Trinajstić information content (AvgIpc) is 3.04. The number of benzene rings is 2. The van der Waals surface area contributed by atoms with Gasteiger partial charge in [-0.15, -0.1) is 11.3 Å². The minimum atomic E-state index is -0.199. The third-order valence-corrected chi connectivity index (χ3v) is 4.69. The Morgan fingerprint density at radius 2 is 2.22 bits per heavy atom. The highest BCUT2D eigenvalue weighted by molar-refractivity contribution is 7.18. The van der Waals surface area contributed by atoms with Gasteiger partial charge in [0.2, 0.25) is 5.91 Å². The number of anilines is 1. The van der Waals surface area contributed by atoms with Crippen LogP contribution < -0.4 is 10.6 Å². The Labute approximate surface area is 161 Å². The Balaban J connectivity index is 1.62. The minimum Gasteiger partial charge on any atom is -0.506 e. The van der Waals surface area contributed by atoms with Gasteiger partial charge in [0, 0.05) is 17.8 Å². The lowest BCUT2D eigenvalue weighted by Gasteiger charge is -2.06. The van der Waals surface area contributed by atoms with E-state index in [-0.39, 0.29) is 11.7 Å². The van der Waals surface area contributed by atoms with Crippen molar-refractivity contribution in [2.45, 2.75) is 13.5 Å². The molecule has 0 unspecified atom stereocenters. The Hall–Kier alpha value is -3.30. The van der Waals surface area contributed by atoms with Crippen molar-refractivity contribution in [3.8, 4) is 17.6 Å². The number of aromatic hydroxyl groups is 1. The Morgan fingerprint density at radius 1 is 1.37 bits per heavy atom. The Bertz CT molecular complexity index is 1060. The predicted octanol–water partition coefficient (Wildman–Crippen LogP) is 3.58. The fourth-order valence-corrected chi connectivity index (χ4v) is 3.43. The van der Waals surface area contributed by atoms with Gasteiger partial charge < -0.3 is 15.7 Å². The van der Waals surface area contributed by atoms with Gasteiger partial charge in [-0.1, -0.05) is 30.6 Å². The molecular weight excluding hydrogens is 358 g/mol. The third kappa shape index (κ3) is 4.87. The molecule has 0 aliphatic heterocycles. The summed E-state index contributed by atoms with van der Waals surface area (Å²) in [6.45, 7) is 6.25. The Kier molecular flexibility index (Phi) is 5.74. The molecule has 27 heavy (non-hydrogen) atoms. The lowest BCUT2D eigenvalue weighted by molar-refractivity contribution is -0.116. The van der Waals surface area contributed by atoms with Crippen molar-refractivity contribution in [2.75, 3.05) is 11.9 Å². The summed E-state index contributed by atoms with van der Waals surface area (Å²) in [6, 6.07) is 11.3. The summed E-state index contributed by atoms with van der Waals surface area (Å²) in [5, 5.41) is 17.0. The second-order valence-corrected chi connectivity index (χ2v) is 7.09. The van der Waals surface area contributed by atoms with Crippen LogP contribution in [0.15, 0.2) is 49.1 Å². The number of rotatable bonds is 5. The largest absolute Gasteiger partial charge is 0.506 e. The summed E-state index contributed by atoms with van der Waals surface area (Å²) in [4.78, 5) is 15.5. The van der Waals surface area contributed by atoms with Crippen LogP contribution in [0.4, 0.5) is 5.69 Å². The summed E-state index contributed by atoms with van der Waals surface area (Å²) in [6.07, 6.45) is 1.25. The van der Waals surface area contributed by atoms with E-state index in [1.807, 2.05) is 37.3 Å². The van der Waals surface area contributed by atoms with Gasteiger partial charge >= 0.3 is 0 Å². The van der Waals surface area contributed by atoms with E-state index in [1.54, 1.807) is 6.07 Å². The maximum absolute atomic E-state index is 11.2. The molecule has 0 atom stereocenters. The summed E-state index contributed by atoms with van der Waals surface area (Å²) in [5.41, 5.74) is 3.29. The topological polar surface area (TPSA) is 74.2 Å². The standard InChI is InChI=1S/C21H19N3O2S/c1-3-20(26)23-13-16-6-4-8-17(10-16)22-9-5-7-15-11-18(25)21-19(12-15)27-14(2)24-21/h3-4,6,8,10-12,22,25H,1,9,13H2,2H3,(H,23,26). The van der Waals surface area contributed by atoms with Gasteiger partial charge in [-0.3, -0.25) is 4.79 Å². The second-order valence-electron chi connectivity index (χ2n) is 5.85. The molecule has 5 nitrogen and oxygen atoms in total. The summed E-state index contributed by atoms with van der Waals surface area (Å²) < 4.78 is 0.930. The summed E-state index contributed by atoms with van der Waals surface area (Å²) in [5.74, 6) is 6.07. The number of nitrogens with zero attached hydrogens (tertiary/aromatic N) is 1. The van der Waals surface area contributed by atoms with E-state index in [0.29, 0.717) is 18.6 Å². The lowest BCUT2D eigenvalue weighted by Crippen LogP contribution is -2.19. The zero-order valence-corrected chi connectivity index (χ0v) is 15.7. The normalized spacial score (nSPS) is 10.1. The van der Waals surface area contributed by atoms with Crippen LogP contribution in [0.3, 0.4) is 0 Å². The highest BCUT2D eigenvalue weighted by Gasteiger charge is 2.06. The number of amides is 1. The van der Waals surface area contributed by atoms with Crippen LogP contribution in [-0.2, 0) is 11.3 Å². The molecule has 0 radical (unpaired) electrons. The first kappa shape index (κ1) is 18.5. The molecule has 0 saturated carbocycles. The van der Waals surface area contributed by atoms with E-state index >= 15 is 0 Å². The van der Waals surface area contributed by atoms with Gasteiger partial charge in [0.1, 0.15) is 11.3 Å². The number of carbonyl (C=O) groups excluding carboxylic acids is 1. The molecule has 0 saturated heterocycles. The van der Waals surface area contributed by atoms with Crippen LogP contribution in [0.25, 0.3) is 10.2 Å². The molecule has 3 rings (SSSR count). The monoisotopic (exact) mass is 377 g/mol. The maximum Gasteiger partial charge on any atom is 0.243 e. The van der Waals surface area contributed by atoms with Gasteiger partial charge in [-0.05, 0) is 42.8 Å². The summed E-state index contributed by atoms with van der Waals surface area (Å²) in [7, 11) is 0. The van der Waals surface area contributed by atoms with Gasteiger partial charge in [-0.25, -0.2) is 4.98 Å². The number of nitrogens with one attached hydrogen (secondary N) is 2. The first-order valence-electron chi connectivity index (χ1n) is 8.37. The highest BCUT2D eigenvalue weighted by Crippen LogP contribution is 2.30. The van der Waals surface area contributed by atoms with Crippen LogP contribution in [0.2, 0.25) is 0 Å². The van der Waals surface area contributed by atoms with Crippen molar-refractivity contribution in [1.29, 1.82) is 0 Å². The molecule has 1 heterocycles. The van der Waals surface area contributed by atoms with Crippen LogP contribution in [0.5, 0.6) is 5.75 Å². The van der Waals surface area contributed by atoms with E-state index < -0.39 is 0 Å². The minimum absolute atomic E-state index is 0.156. The second kappa shape index (κ2) is 8.39. The van der Waals surface area contributed by atoms with Crippen molar-refractivity contribution < 1.29 is 9.90 Å². The van der Waals surface area contributed by atoms with Crippen LogP contribution in [0, 0.1) is 18.8 Å². The molecule has 3 aromatic rings. The molecule has 6 heteroatoms. The molecule has 136 valence electrons. The van der Waals surface area contributed by atoms with Crippen LogP contribution in [0.1, 0.15) is 16.1 Å². The molecule has 0 spiro atoms. The molecule has 1 amide bonds. The van der Waals surface area contributed by atoms with E-state index in [1.165, 1.54) is 17.4 Å². The number of hydrogen-bond acceptors (Lipinski definition) is 5. The first-order valence-corrected chi connectivity index (χ1v) is 9.19. The molecular formula is C21H19N3O2S. The Morgan fingerprint density at radius 3 is 3.04 bits per heavy atom. The number of hydrogen-bond donors (Lipinski definition) is 3. The van der Waals surface area contributed by atoms with Crippen LogP contribution in [-0.4, -0.2) is 22.5 Å². The molecule has 3 N–H and O–H groups in total. The number of fused-ring (bicyclic) bond motifs is 1. The fourth-order valence-electron chi connectivity index (χ4n) is 2.54. The molecule has 2 aromatic carbocycles. The number of aromatic nitrogens is 1. The van der Waals surface area contributed by atoms with E-state index in [4.69, 9.17) is 0 Å². The fraction of sp³-hybridized carbons (Fsp3) is 0.143. The first-order chi connectivity index (χ1) is 13.0. The van der Waals surface area contributed by atoms with E-state index in [0.717, 1.165) is 26.5 Å². The van der Waals surface area contributed by atoms with Crippen LogP contribution >= 0.6 is 11.3 Å². The summed E-state index contributed by atoms with van der Waals surface area (Å²) >= 11 is 1.54. The quantitative estimate of drug-likeness (QED) is 0.469. The number of carbonyl (C=O) groups is 1.